The third kappa shape index (κ3) is 3.95. The van der Waals surface area contributed by atoms with E-state index >= 15 is 0 Å². The van der Waals surface area contributed by atoms with E-state index in [0.717, 1.165) is 44.8 Å². The third-order valence-electron chi connectivity index (χ3n) is 5.37. The molecule has 3 heterocycles. The lowest BCUT2D eigenvalue weighted by atomic mass is 10.0. The van der Waals surface area contributed by atoms with Gasteiger partial charge in [-0.15, -0.1) is 0 Å². The van der Waals surface area contributed by atoms with Crippen molar-refractivity contribution in [3.63, 3.8) is 0 Å². The van der Waals surface area contributed by atoms with Gasteiger partial charge in [0.1, 0.15) is 0 Å². The number of aliphatic imine (C=N–C) groups is 1. The summed E-state index contributed by atoms with van der Waals surface area (Å²) in [5, 5.41) is 0.679. The quantitative estimate of drug-likeness (QED) is 0.491. The molecule has 0 amide bonds. The van der Waals surface area contributed by atoms with Gasteiger partial charge in [-0.25, -0.2) is 4.98 Å². The summed E-state index contributed by atoms with van der Waals surface area (Å²) in [5.74, 6) is 1.08. The predicted molar refractivity (Wildman–Crippen MR) is 115 cm³/mol. The van der Waals surface area contributed by atoms with E-state index in [-0.39, 0.29) is 6.01 Å². The number of alkyl halides is 1. The summed E-state index contributed by atoms with van der Waals surface area (Å²) in [5.41, 5.74) is 2.38. The molecule has 4 rings (SSSR count). The van der Waals surface area contributed by atoms with Crippen LogP contribution in [-0.4, -0.2) is 75.3 Å². The topological polar surface area (TPSA) is 78.3 Å². The van der Waals surface area contributed by atoms with E-state index in [1.54, 1.807) is 20.4 Å². The van der Waals surface area contributed by atoms with E-state index in [2.05, 4.69) is 19.9 Å². The molecule has 160 valence electrons. The Hall–Kier alpha value is -2.42. The number of rotatable bonds is 7. The Balaban J connectivity index is 1.70. The first-order chi connectivity index (χ1) is 14.6. The SMILES string of the molecule is COc1ncc2c(OC)c(OC)cc(C3(Cl)C=C(CCN4CCOCC4)C=N3)c2n1. The fraction of sp³-hybridized carbons (Fsp3) is 0.476. The van der Waals surface area contributed by atoms with E-state index in [0.29, 0.717) is 28.0 Å². The number of fused-ring (bicyclic) bond motifs is 1. The van der Waals surface area contributed by atoms with Crippen molar-refractivity contribution < 1.29 is 18.9 Å². The largest absolute Gasteiger partial charge is 0.493 e. The normalized spacial score (nSPS) is 21.7. The molecule has 1 unspecified atom stereocenters. The smallest absolute Gasteiger partial charge is 0.316 e. The first-order valence-corrected chi connectivity index (χ1v) is 10.2. The zero-order chi connectivity index (χ0) is 21.1. The molecule has 2 aliphatic heterocycles. The molecular weight excluding hydrogens is 408 g/mol. The van der Waals surface area contributed by atoms with E-state index in [1.165, 1.54) is 7.11 Å². The number of nitrogens with zero attached hydrogens (tertiary/aromatic N) is 4. The highest BCUT2D eigenvalue weighted by Gasteiger charge is 2.34. The molecule has 8 nitrogen and oxygen atoms in total. The Bertz CT molecular complexity index is 991. The Labute approximate surface area is 180 Å². The van der Waals surface area contributed by atoms with E-state index < -0.39 is 5.00 Å². The molecular formula is C21H25ClN4O4. The molecule has 2 aliphatic rings. The van der Waals surface area contributed by atoms with Crippen LogP contribution in [0.1, 0.15) is 12.0 Å². The zero-order valence-electron chi connectivity index (χ0n) is 17.4. The van der Waals surface area contributed by atoms with Crippen LogP contribution >= 0.6 is 11.6 Å². The maximum absolute atomic E-state index is 7.01. The van der Waals surface area contributed by atoms with Crippen molar-refractivity contribution in [1.29, 1.82) is 0 Å². The Morgan fingerprint density at radius 3 is 2.67 bits per heavy atom. The van der Waals surface area contributed by atoms with Crippen LogP contribution in [0.3, 0.4) is 0 Å². The minimum Gasteiger partial charge on any atom is -0.493 e. The molecule has 1 saturated heterocycles. The molecule has 0 radical (unpaired) electrons. The predicted octanol–water partition coefficient (Wildman–Crippen LogP) is 2.78. The average molecular weight is 433 g/mol. The molecule has 30 heavy (non-hydrogen) atoms. The minimum absolute atomic E-state index is 0.245. The van der Waals surface area contributed by atoms with Gasteiger partial charge in [0.25, 0.3) is 0 Å². The molecule has 1 fully saturated rings. The first-order valence-electron chi connectivity index (χ1n) is 9.80. The molecule has 1 aromatic heterocycles. The van der Waals surface area contributed by atoms with Crippen molar-refractivity contribution in [2.75, 3.05) is 54.2 Å². The summed E-state index contributed by atoms with van der Waals surface area (Å²) in [4.78, 5) is 14.7. The number of halogens is 1. The first kappa shape index (κ1) is 20.8. The molecule has 2 aromatic rings. The number of aromatic nitrogens is 2. The number of hydrogen-bond acceptors (Lipinski definition) is 8. The average Bonchev–Trinajstić information content (AvgIpc) is 3.18. The highest BCUT2D eigenvalue weighted by molar-refractivity contribution is 6.27. The molecule has 0 bridgehead atoms. The van der Waals surface area contributed by atoms with Crippen molar-refractivity contribution in [3.05, 3.63) is 29.5 Å². The van der Waals surface area contributed by atoms with Crippen LogP contribution in [0.5, 0.6) is 17.5 Å². The van der Waals surface area contributed by atoms with Crippen molar-refractivity contribution in [1.82, 2.24) is 14.9 Å². The van der Waals surface area contributed by atoms with Crippen LogP contribution in [0.4, 0.5) is 0 Å². The fourth-order valence-corrected chi connectivity index (χ4v) is 4.09. The second kappa shape index (κ2) is 8.75. The van der Waals surface area contributed by atoms with Crippen LogP contribution in [-0.2, 0) is 9.73 Å². The van der Waals surface area contributed by atoms with Crippen molar-refractivity contribution in [2.45, 2.75) is 11.4 Å². The highest BCUT2D eigenvalue weighted by Crippen LogP contribution is 2.46. The molecule has 0 aliphatic carbocycles. The van der Waals surface area contributed by atoms with Gasteiger partial charge in [0.15, 0.2) is 16.5 Å². The van der Waals surface area contributed by atoms with Gasteiger partial charge in [-0.3, -0.25) is 9.89 Å². The van der Waals surface area contributed by atoms with Gasteiger partial charge >= 0.3 is 6.01 Å². The number of methoxy groups -OCH3 is 3. The van der Waals surface area contributed by atoms with Gasteiger partial charge in [0.05, 0.1) is 45.4 Å². The summed E-state index contributed by atoms with van der Waals surface area (Å²) in [6.45, 7) is 4.41. The second-order valence-corrected chi connectivity index (χ2v) is 7.71. The molecule has 1 aromatic carbocycles. The molecule has 0 saturated carbocycles. The lowest BCUT2D eigenvalue weighted by Crippen LogP contribution is -2.36. The summed E-state index contributed by atoms with van der Waals surface area (Å²) < 4.78 is 21.7. The van der Waals surface area contributed by atoms with E-state index in [9.17, 15) is 0 Å². The maximum Gasteiger partial charge on any atom is 0.316 e. The summed E-state index contributed by atoms with van der Waals surface area (Å²) >= 11 is 7.01. The lowest BCUT2D eigenvalue weighted by molar-refractivity contribution is 0.0386. The van der Waals surface area contributed by atoms with Crippen LogP contribution in [0.25, 0.3) is 10.9 Å². The minimum atomic E-state index is -1.09. The van der Waals surface area contributed by atoms with Gasteiger partial charge < -0.3 is 18.9 Å². The van der Waals surface area contributed by atoms with E-state index in [1.807, 2.05) is 18.4 Å². The van der Waals surface area contributed by atoms with Crippen molar-refractivity contribution >= 4 is 28.7 Å². The van der Waals surface area contributed by atoms with Crippen LogP contribution in [0, 0.1) is 0 Å². The summed E-state index contributed by atoms with van der Waals surface area (Å²) in [7, 11) is 4.69. The van der Waals surface area contributed by atoms with Gasteiger partial charge in [-0.05, 0) is 24.1 Å². The van der Waals surface area contributed by atoms with Crippen LogP contribution in [0.2, 0.25) is 0 Å². The number of ether oxygens (including phenoxy) is 4. The van der Waals surface area contributed by atoms with Crippen molar-refractivity contribution in [2.24, 2.45) is 4.99 Å². The standard InChI is InChI=1S/C21H25ClN4O4/c1-27-17-10-16(18-15(19(17)28-2)13-23-20(25-18)29-3)21(22)11-14(12-24-21)4-5-26-6-8-30-9-7-26/h10-13H,4-9H2,1-3H3. The zero-order valence-corrected chi connectivity index (χ0v) is 18.1. The Morgan fingerprint density at radius 2 is 1.97 bits per heavy atom. The number of hydrogen-bond donors (Lipinski definition) is 0. The number of benzene rings is 1. The maximum atomic E-state index is 7.01. The van der Waals surface area contributed by atoms with Crippen LogP contribution < -0.4 is 14.2 Å². The van der Waals surface area contributed by atoms with E-state index in [4.69, 9.17) is 30.5 Å². The van der Waals surface area contributed by atoms with Gasteiger partial charge in [0, 0.05) is 37.6 Å². The fourth-order valence-electron chi connectivity index (χ4n) is 3.76. The Morgan fingerprint density at radius 1 is 1.17 bits per heavy atom. The highest BCUT2D eigenvalue weighted by atomic mass is 35.5. The molecule has 1 atom stereocenters. The molecule has 0 spiro atoms. The van der Waals surface area contributed by atoms with Gasteiger partial charge in [-0.2, -0.15) is 4.98 Å². The van der Waals surface area contributed by atoms with Crippen molar-refractivity contribution in [3.8, 4) is 17.5 Å². The summed E-state index contributed by atoms with van der Waals surface area (Å²) in [6, 6.07) is 2.06. The summed E-state index contributed by atoms with van der Waals surface area (Å²) in [6.07, 6.45) is 6.33. The second-order valence-electron chi connectivity index (χ2n) is 7.13. The number of morpholine rings is 1. The third-order valence-corrected chi connectivity index (χ3v) is 5.78. The van der Waals surface area contributed by atoms with Gasteiger partial charge in [-0.1, -0.05) is 11.6 Å². The molecule has 0 N–H and O–H groups in total. The van der Waals surface area contributed by atoms with Gasteiger partial charge in [0.2, 0.25) is 0 Å². The lowest BCUT2D eigenvalue weighted by Gasteiger charge is -2.26. The monoisotopic (exact) mass is 432 g/mol. The Kier molecular flexibility index (Phi) is 6.08. The molecule has 9 heteroatoms. The van der Waals surface area contributed by atoms with Crippen LogP contribution in [0.15, 0.2) is 28.9 Å².